The van der Waals surface area contributed by atoms with Gasteiger partial charge in [-0.2, -0.15) is 0 Å². The predicted molar refractivity (Wildman–Crippen MR) is 72.6 cm³/mol. The quantitative estimate of drug-likeness (QED) is 0.806. The molecule has 0 aliphatic carbocycles. The molecule has 0 radical (unpaired) electrons. The first-order valence-corrected chi connectivity index (χ1v) is 8.48. The van der Waals surface area contributed by atoms with Crippen LogP contribution < -0.4 is 0 Å². The molecule has 18 heavy (non-hydrogen) atoms. The molecular formula is C12H14Cl2O3S. The Morgan fingerprint density at radius 2 is 2.06 bits per heavy atom. The normalized spacial score (nSPS) is 25.0. The zero-order valence-electron chi connectivity index (χ0n) is 9.68. The highest BCUT2D eigenvalue weighted by Crippen LogP contribution is 2.29. The van der Waals surface area contributed by atoms with E-state index in [1.54, 1.807) is 6.07 Å². The van der Waals surface area contributed by atoms with Gasteiger partial charge in [0, 0.05) is 28.2 Å². The van der Waals surface area contributed by atoms with Gasteiger partial charge in [-0.05, 0) is 24.5 Å². The van der Waals surface area contributed by atoms with Crippen molar-refractivity contribution < 1.29 is 13.2 Å². The lowest BCUT2D eigenvalue weighted by Crippen LogP contribution is -2.37. The van der Waals surface area contributed by atoms with Crippen molar-refractivity contribution in [3.8, 4) is 0 Å². The Kier molecular flexibility index (Phi) is 4.54. The summed E-state index contributed by atoms with van der Waals surface area (Å²) < 4.78 is 28.5. The maximum atomic E-state index is 11.5. The predicted octanol–water partition coefficient (Wildman–Crippen LogP) is 2.86. The van der Waals surface area contributed by atoms with Crippen LogP contribution in [0.2, 0.25) is 5.02 Å². The van der Waals surface area contributed by atoms with Crippen LogP contribution in [0.1, 0.15) is 12.0 Å². The van der Waals surface area contributed by atoms with E-state index in [2.05, 4.69) is 0 Å². The number of rotatable bonds is 3. The third kappa shape index (κ3) is 3.38. The zero-order valence-corrected chi connectivity index (χ0v) is 12.0. The van der Waals surface area contributed by atoms with Crippen molar-refractivity contribution in [2.24, 2.45) is 5.92 Å². The molecule has 100 valence electrons. The number of benzene rings is 1. The molecule has 6 heteroatoms. The molecule has 0 bridgehead atoms. The largest absolute Gasteiger partial charge is 0.381 e. The Morgan fingerprint density at radius 1 is 1.33 bits per heavy atom. The second-order valence-electron chi connectivity index (χ2n) is 4.43. The van der Waals surface area contributed by atoms with E-state index in [4.69, 9.17) is 27.0 Å². The molecule has 0 aromatic heterocycles. The second-order valence-corrected chi connectivity index (χ2v) is 7.69. The Morgan fingerprint density at radius 3 is 2.72 bits per heavy atom. The molecule has 0 amide bonds. The van der Waals surface area contributed by atoms with E-state index in [1.165, 1.54) is 0 Å². The SMILES string of the molecule is O=S(=O)(Cl)C1CCOCC1Cc1ccccc1Cl. The molecule has 1 aliphatic heterocycles. The molecule has 0 spiro atoms. The highest BCUT2D eigenvalue weighted by atomic mass is 35.7. The summed E-state index contributed by atoms with van der Waals surface area (Å²) in [6.45, 7) is 0.845. The summed E-state index contributed by atoms with van der Waals surface area (Å²) in [4.78, 5) is 0. The van der Waals surface area contributed by atoms with Crippen LogP contribution in [0.4, 0.5) is 0 Å². The minimum atomic E-state index is -3.56. The second kappa shape index (κ2) is 5.78. The van der Waals surface area contributed by atoms with Gasteiger partial charge in [-0.25, -0.2) is 8.42 Å². The maximum Gasteiger partial charge on any atom is 0.235 e. The van der Waals surface area contributed by atoms with Gasteiger partial charge < -0.3 is 4.74 Å². The van der Waals surface area contributed by atoms with Crippen LogP contribution in [-0.2, 0) is 20.2 Å². The van der Waals surface area contributed by atoms with Gasteiger partial charge in [0.2, 0.25) is 9.05 Å². The molecule has 2 atom stereocenters. The smallest absolute Gasteiger partial charge is 0.235 e. The molecule has 1 heterocycles. The van der Waals surface area contributed by atoms with Crippen molar-refractivity contribution in [3.63, 3.8) is 0 Å². The molecule has 1 aromatic rings. The van der Waals surface area contributed by atoms with Crippen molar-refractivity contribution in [2.75, 3.05) is 13.2 Å². The molecule has 3 nitrogen and oxygen atoms in total. The van der Waals surface area contributed by atoms with Gasteiger partial charge >= 0.3 is 0 Å². The van der Waals surface area contributed by atoms with E-state index in [0.29, 0.717) is 31.1 Å². The zero-order chi connectivity index (χ0) is 13.2. The first-order chi connectivity index (χ1) is 8.48. The van der Waals surface area contributed by atoms with E-state index >= 15 is 0 Å². The molecule has 0 N–H and O–H groups in total. The molecular weight excluding hydrogens is 295 g/mol. The van der Waals surface area contributed by atoms with E-state index in [-0.39, 0.29) is 5.92 Å². The fourth-order valence-corrected chi connectivity index (χ4v) is 4.21. The van der Waals surface area contributed by atoms with Crippen LogP contribution in [0.5, 0.6) is 0 Å². The summed E-state index contributed by atoms with van der Waals surface area (Å²) >= 11 is 6.08. The topological polar surface area (TPSA) is 43.4 Å². The third-order valence-electron chi connectivity index (χ3n) is 3.21. The number of hydrogen-bond donors (Lipinski definition) is 0. The highest BCUT2D eigenvalue weighted by Gasteiger charge is 2.35. The van der Waals surface area contributed by atoms with Crippen LogP contribution in [0.25, 0.3) is 0 Å². The van der Waals surface area contributed by atoms with E-state index in [1.807, 2.05) is 18.2 Å². The summed E-state index contributed by atoms with van der Waals surface area (Å²) in [5, 5.41) is 0.0954. The van der Waals surface area contributed by atoms with Gasteiger partial charge in [0.05, 0.1) is 11.9 Å². The first kappa shape index (κ1) is 14.1. The summed E-state index contributed by atoms with van der Waals surface area (Å²) in [6, 6.07) is 7.42. The van der Waals surface area contributed by atoms with Crippen LogP contribution in [0.15, 0.2) is 24.3 Å². The number of halogens is 2. The van der Waals surface area contributed by atoms with Crippen molar-refractivity contribution >= 4 is 31.3 Å². The fraction of sp³-hybridized carbons (Fsp3) is 0.500. The summed E-state index contributed by atoms with van der Waals surface area (Å²) in [7, 11) is 1.94. The average molecular weight is 309 g/mol. The van der Waals surface area contributed by atoms with E-state index in [9.17, 15) is 8.42 Å². The molecule has 2 unspecified atom stereocenters. The van der Waals surface area contributed by atoms with E-state index in [0.717, 1.165) is 5.56 Å². The standard InChI is InChI=1S/C12H14Cl2O3S/c13-11-4-2-1-3-9(11)7-10-8-17-6-5-12(10)18(14,15)16/h1-4,10,12H,5-8H2. The number of ether oxygens (including phenoxy) is 1. The Labute approximate surface area is 116 Å². The first-order valence-electron chi connectivity index (χ1n) is 5.73. The van der Waals surface area contributed by atoms with Crippen LogP contribution in [0, 0.1) is 5.92 Å². The van der Waals surface area contributed by atoms with E-state index < -0.39 is 14.3 Å². The van der Waals surface area contributed by atoms with Gasteiger partial charge in [0.1, 0.15) is 0 Å². The monoisotopic (exact) mass is 308 g/mol. The lowest BCUT2D eigenvalue weighted by molar-refractivity contribution is 0.0577. The molecule has 2 rings (SSSR count). The molecule has 1 aliphatic rings. The minimum Gasteiger partial charge on any atom is -0.381 e. The lowest BCUT2D eigenvalue weighted by atomic mass is 9.93. The van der Waals surface area contributed by atoms with Crippen molar-refractivity contribution in [2.45, 2.75) is 18.1 Å². The van der Waals surface area contributed by atoms with Crippen molar-refractivity contribution in [1.82, 2.24) is 0 Å². The van der Waals surface area contributed by atoms with Crippen LogP contribution >= 0.6 is 22.3 Å². The third-order valence-corrected chi connectivity index (χ3v) is 5.61. The summed E-state index contributed by atoms with van der Waals surface area (Å²) in [5.74, 6) is -0.138. The maximum absolute atomic E-state index is 11.5. The highest BCUT2D eigenvalue weighted by molar-refractivity contribution is 8.14. The lowest BCUT2D eigenvalue weighted by Gasteiger charge is -2.29. The number of hydrogen-bond acceptors (Lipinski definition) is 3. The van der Waals surface area contributed by atoms with Gasteiger partial charge in [0.25, 0.3) is 0 Å². The molecule has 1 saturated heterocycles. The Balaban J connectivity index is 2.18. The Bertz CT molecular complexity index is 516. The minimum absolute atomic E-state index is 0.138. The van der Waals surface area contributed by atoms with Gasteiger partial charge in [0.15, 0.2) is 0 Å². The summed E-state index contributed by atoms with van der Waals surface area (Å²) in [6.07, 6.45) is 1.01. The van der Waals surface area contributed by atoms with Crippen molar-refractivity contribution in [1.29, 1.82) is 0 Å². The molecule has 1 aromatic carbocycles. The van der Waals surface area contributed by atoms with Crippen molar-refractivity contribution in [3.05, 3.63) is 34.9 Å². The van der Waals surface area contributed by atoms with Crippen LogP contribution in [0.3, 0.4) is 0 Å². The van der Waals surface area contributed by atoms with Gasteiger partial charge in [-0.3, -0.25) is 0 Å². The van der Waals surface area contributed by atoms with Gasteiger partial charge in [-0.1, -0.05) is 29.8 Å². The summed E-state index contributed by atoms with van der Waals surface area (Å²) in [5.41, 5.74) is 0.931. The van der Waals surface area contributed by atoms with Crippen LogP contribution in [-0.4, -0.2) is 26.9 Å². The average Bonchev–Trinajstić information content (AvgIpc) is 2.31. The molecule has 1 fully saturated rings. The Hall–Kier alpha value is -0.290. The van der Waals surface area contributed by atoms with Gasteiger partial charge in [-0.15, -0.1) is 0 Å². The molecule has 0 saturated carbocycles. The fourth-order valence-electron chi connectivity index (χ4n) is 2.28.